The fourth-order valence-corrected chi connectivity index (χ4v) is 2.72. The number of phenols is 1. The van der Waals surface area contributed by atoms with E-state index in [0.29, 0.717) is 11.7 Å². The number of benzene rings is 2. The van der Waals surface area contributed by atoms with Gasteiger partial charge in [0.05, 0.1) is 14.2 Å². The third-order valence-corrected chi connectivity index (χ3v) is 3.93. The molecule has 0 spiro atoms. The lowest BCUT2D eigenvalue weighted by Gasteiger charge is -2.18. The minimum Gasteiger partial charge on any atom is -0.504 e. The lowest BCUT2D eigenvalue weighted by atomic mass is 9.91. The molecule has 0 saturated heterocycles. The van der Waals surface area contributed by atoms with Crippen molar-refractivity contribution < 1.29 is 14.6 Å². The Kier molecular flexibility index (Phi) is 4.65. The molecule has 3 heteroatoms. The van der Waals surface area contributed by atoms with Crippen LogP contribution in [-0.4, -0.2) is 19.3 Å². The van der Waals surface area contributed by atoms with E-state index in [2.05, 4.69) is 19.9 Å². The lowest BCUT2D eigenvalue weighted by molar-refractivity contribution is 0.374. The summed E-state index contributed by atoms with van der Waals surface area (Å²) in [5.74, 6) is 1.89. The summed E-state index contributed by atoms with van der Waals surface area (Å²) in [7, 11) is 3.26. The van der Waals surface area contributed by atoms with Gasteiger partial charge >= 0.3 is 0 Å². The first-order valence-corrected chi connectivity index (χ1v) is 7.45. The molecule has 0 radical (unpaired) electrons. The van der Waals surface area contributed by atoms with E-state index >= 15 is 0 Å². The van der Waals surface area contributed by atoms with E-state index in [1.54, 1.807) is 14.2 Å². The van der Waals surface area contributed by atoms with Crippen LogP contribution in [-0.2, 0) is 0 Å². The second-order valence-corrected chi connectivity index (χ2v) is 5.93. The van der Waals surface area contributed by atoms with E-state index in [9.17, 15) is 5.11 Å². The molecule has 0 aliphatic rings. The molecule has 0 saturated carbocycles. The van der Waals surface area contributed by atoms with Crippen LogP contribution in [0.3, 0.4) is 0 Å². The van der Waals surface area contributed by atoms with E-state index in [0.717, 1.165) is 33.6 Å². The smallest absolute Gasteiger partial charge is 0.165 e. The van der Waals surface area contributed by atoms with Crippen LogP contribution in [0.15, 0.2) is 24.3 Å². The molecule has 0 atom stereocenters. The van der Waals surface area contributed by atoms with E-state index in [1.165, 1.54) is 0 Å². The van der Waals surface area contributed by atoms with Crippen LogP contribution in [0.25, 0.3) is 11.1 Å². The minimum absolute atomic E-state index is 0.177. The van der Waals surface area contributed by atoms with E-state index in [-0.39, 0.29) is 5.75 Å². The second kappa shape index (κ2) is 6.30. The zero-order chi connectivity index (χ0) is 16.4. The molecule has 2 aromatic rings. The van der Waals surface area contributed by atoms with Crippen molar-refractivity contribution in [3.8, 4) is 28.4 Å². The van der Waals surface area contributed by atoms with Gasteiger partial charge in [-0.3, -0.25) is 0 Å². The number of methoxy groups -OCH3 is 2. The summed E-state index contributed by atoms with van der Waals surface area (Å²) in [6, 6.07) is 7.95. The van der Waals surface area contributed by atoms with Crippen molar-refractivity contribution >= 4 is 0 Å². The van der Waals surface area contributed by atoms with Gasteiger partial charge in [-0.05, 0) is 66.3 Å². The van der Waals surface area contributed by atoms with Crippen molar-refractivity contribution in [2.75, 3.05) is 14.2 Å². The lowest BCUT2D eigenvalue weighted by Crippen LogP contribution is -1.98. The molecule has 2 aromatic carbocycles. The van der Waals surface area contributed by atoms with Crippen molar-refractivity contribution in [1.29, 1.82) is 0 Å². The highest BCUT2D eigenvalue weighted by Gasteiger charge is 2.17. The summed E-state index contributed by atoms with van der Waals surface area (Å²) in [5.41, 5.74) is 5.03. The van der Waals surface area contributed by atoms with Crippen LogP contribution in [0.1, 0.15) is 36.5 Å². The van der Waals surface area contributed by atoms with Crippen LogP contribution in [0.5, 0.6) is 17.2 Å². The Balaban J connectivity index is 2.72. The molecule has 0 amide bonds. The molecule has 0 heterocycles. The molecule has 1 N–H and O–H groups in total. The maximum absolute atomic E-state index is 10.5. The molecule has 0 unspecified atom stereocenters. The molecule has 2 rings (SSSR count). The second-order valence-electron chi connectivity index (χ2n) is 5.93. The SMILES string of the molecule is COc1cc(C)c(-c2cc(C)cc(OC)c2O)cc1C(C)C. The summed E-state index contributed by atoms with van der Waals surface area (Å²) >= 11 is 0. The Bertz CT molecular complexity index is 688. The molecule has 118 valence electrons. The van der Waals surface area contributed by atoms with Gasteiger partial charge in [0.1, 0.15) is 5.75 Å². The number of hydrogen-bond acceptors (Lipinski definition) is 3. The van der Waals surface area contributed by atoms with Gasteiger partial charge in [0.15, 0.2) is 11.5 Å². The average molecular weight is 300 g/mol. The van der Waals surface area contributed by atoms with E-state index in [1.807, 2.05) is 32.0 Å². The van der Waals surface area contributed by atoms with Crippen LogP contribution >= 0.6 is 0 Å². The topological polar surface area (TPSA) is 38.7 Å². The largest absolute Gasteiger partial charge is 0.504 e. The molecule has 3 nitrogen and oxygen atoms in total. The number of aryl methyl sites for hydroxylation is 2. The molecule has 0 fully saturated rings. The summed E-state index contributed by atoms with van der Waals surface area (Å²) in [6.07, 6.45) is 0. The van der Waals surface area contributed by atoms with Crippen molar-refractivity contribution in [2.24, 2.45) is 0 Å². The normalized spacial score (nSPS) is 10.9. The summed E-state index contributed by atoms with van der Waals surface area (Å²) < 4.78 is 10.8. The van der Waals surface area contributed by atoms with E-state index in [4.69, 9.17) is 9.47 Å². The summed E-state index contributed by atoms with van der Waals surface area (Å²) in [4.78, 5) is 0. The number of aromatic hydroxyl groups is 1. The Morgan fingerprint density at radius 3 is 2.05 bits per heavy atom. The van der Waals surface area contributed by atoms with Crippen molar-refractivity contribution in [2.45, 2.75) is 33.6 Å². The number of phenolic OH excluding ortho intramolecular Hbond substituents is 1. The fraction of sp³-hybridized carbons (Fsp3) is 0.368. The summed E-state index contributed by atoms with van der Waals surface area (Å²) in [5, 5.41) is 10.5. The molecule has 0 aliphatic carbocycles. The zero-order valence-electron chi connectivity index (χ0n) is 14.2. The minimum atomic E-state index is 0.177. The molecular formula is C19H24O3. The number of ether oxygens (including phenoxy) is 2. The Hall–Kier alpha value is -2.16. The summed E-state index contributed by atoms with van der Waals surface area (Å²) in [6.45, 7) is 8.28. The van der Waals surface area contributed by atoms with Gasteiger partial charge in [-0.25, -0.2) is 0 Å². The van der Waals surface area contributed by atoms with Crippen LogP contribution in [0.4, 0.5) is 0 Å². The van der Waals surface area contributed by atoms with Gasteiger partial charge in [0.2, 0.25) is 0 Å². The maximum Gasteiger partial charge on any atom is 0.165 e. The average Bonchev–Trinajstić information content (AvgIpc) is 2.48. The first kappa shape index (κ1) is 16.2. The maximum atomic E-state index is 10.5. The highest BCUT2D eigenvalue weighted by atomic mass is 16.5. The first-order chi connectivity index (χ1) is 10.4. The molecule has 0 aromatic heterocycles. The van der Waals surface area contributed by atoms with Crippen LogP contribution in [0, 0.1) is 13.8 Å². The van der Waals surface area contributed by atoms with Crippen molar-refractivity contribution in [3.63, 3.8) is 0 Å². The van der Waals surface area contributed by atoms with Gasteiger partial charge in [0.25, 0.3) is 0 Å². The van der Waals surface area contributed by atoms with Gasteiger partial charge in [-0.1, -0.05) is 13.8 Å². The fourth-order valence-electron chi connectivity index (χ4n) is 2.72. The number of hydrogen-bond donors (Lipinski definition) is 1. The first-order valence-electron chi connectivity index (χ1n) is 7.45. The van der Waals surface area contributed by atoms with Crippen LogP contribution in [0.2, 0.25) is 0 Å². The van der Waals surface area contributed by atoms with Crippen molar-refractivity contribution in [1.82, 2.24) is 0 Å². The zero-order valence-corrected chi connectivity index (χ0v) is 14.2. The van der Waals surface area contributed by atoms with Gasteiger partial charge in [-0.15, -0.1) is 0 Å². The van der Waals surface area contributed by atoms with Crippen molar-refractivity contribution in [3.05, 3.63) is 41.0 Å². The third kappa shape index (κ3) is 2.89. The predicted molar refractivity (Wildman–Crippen MR) is 90.2 cm³/mol. The quantitative estimate of drug-likeness (QED) is 0.880. The highest BCUT2D eigenvalue weighted by molar-refractivity contribution is 5.78. The Morgan fingerprint density at radius 2 is 1.50 bits per heavy atom. The number of rotatable bonds is 4. The Morgan fingerprint density at radius 1 is 0.864 bits per heavy atom. The van der Waals surface area contributed by atoms with Gasteiger partial charge in [-0.2, -0.15) is 0 Å². The highest BCUT2D eigenvalue weighted by Crippen LogP contribution is 2.42. The predicted octanol–water partition coefficient (Wildman–Crippen LogP) is 4.82. The monoisotopic (exact) mass is 300 g/mol. The molecule has 22 heavy (non-hydrogen) atoms. The third-order valence-electron chi connectivity index (χ3n) is 3.93. The van der Waals surface area contributed by atoms with Gasteiger partial charge < -0.3 is 14.6 Å². The molecule has 0 aliphatic heterocycles. The van der Waals surface area contributed by atoms with E-state index < -0.39 is 0 Å². The molecule has 0 bridgehead atoms. The van der Waals surface area contributed by atoms with Crippen LogP contribution < -0.4 is 9.47 Å². The van der Waals surface area contributed by atoms with Gasteiger partial charge in [0, 0.05) is 5.56 Å². The molecular weight excluding hydrogens is 276 g/mol. The Labute approximate surface area is 132 Å². The standard InChI is InChI=1S/C19H24O3/c1-11(2)14-10-15(13(4)9-17(14)21-5)16-7-12(3)8-18(22-6)19(16)20/h7-11,20H,1-6H3.